The van der Waals surface area contributed by atoms with E-state index in [1.54, 1.807) is 0 Å². The highest BCUT2D eigenvalue weighted by Crippen LogP contribution is 2.27. The van der Waals surface area contributed by atoms with Crippen LogP contribution >= 0.6 is 15.9 Å². The first-order valence-corrected chi connectivity index (χ1v) is 7.59. The number of piperidine rings is 1. The molecule has 2 rings (SSSR count). The molecule has 0 amide bonds. The molecular formula is C13H22BrN5. The second kappa shape index (κ2) is 6.52. The van der Waals surface area contributed by atoms with Gasteiger partial charge in [-0.2, -0.15) is 4.98 Å². The summed E-state index contributed by atoms with van der Waals surface area (Å²) in [7, 11) is 4.29. The van der Waals surface area contributed by atoms with Crippen molar-refractivity contribution in [1.29, 1.82) is 0 Å². The number of nitrogens with zero attached hydrogens (tertiary/aromatic N) is 4. The summed E-state index contributed by atoms with van der Waals surface area (Å²) in [5, 5.41) is 3.17. The van der Waals surface area contributed by atoms with Crippen molar-refractivity contribution in [3.8, 4) is 0 Å². The van der Waals surface area contributed by atoms with E-state index in [4.69, 9.17) is 0 Å². The molecule has 5 nitrogen and oxygen atoms in total. The van der Waals surface area contributed by atoms with E-state index >= 15 is 0 Å². The highest BCUT2D eigenvalue weighted by atomic mass is 79.9. The smallest absolute Gasteiger partial charge is 0.224 e. The fourth-order valence-corrected chi connectivity index (χ4v) is 2.83. The molecule has 0 aromatic carbocycles. The lowest BCUT2D eigenvalue weighted by Gasteiger charge is -2.37. The van der Waals surface area contributed by atoms with Gasteiger partial charge in [0, 0.05) is 31.9 Å². The molecule has 0 radical (unpaired) electrons. The van der Waals surface area contributed by atoms with Crippen molar-refractivity contribution in [3.63, 3.8) is 0 Å². The average Bonchev–Trinajstić information content (AvgIpc) is 2.41. The fourth-order valence-electron chi connectivity index (χ4n) is 2.39. The molecule has 1 aliphatic heterocycles. The minimum Gasteiger partial charge on any atom is -0.354 e. The highest BCUT2D eigenvalue weighted by molar-refractivity contribution is 9.10. The van der Waals surface area contributed by atoms with Crippen molar-refractivity contribution in [3.05, 3.63) is 10.7 Å². The van der Waals surface area contributed by atoms with Gasteiger partial charge in [-0.25, -0.2) is 4.98 Å². The van der Waals surface area contributed by atoms with Gasteiger partial charge in [0.05, 0.1) is 4.47 Å². The van der Waals surface area contributed by atoms with Crippen molar-refractivity contribution in [2.75, 3.05) is 43.9 Å². The fraction of sp³-hybridized carbons (Fsp3) is 0.692. The summed E-state index contributed by atoms with van der Waals surface area (Å²) in [6.07, 6.45) is 4.29. The van der Waals surface area contributed by atoms with Crippen LogP contribution in [0.1, 0.15) is 19.8 Å². The standard InChI is InChI=1S/C13H22BrN5/c1-4-15-13-16-8-11(14)12(17-13)19-7-5-6-10(9-19)18(2)3/h8,10H,4-7,9H2,1-3H3,(H,15,16,17). The highest BCUT2D eigenvalue weighted by Gasteiger charge is 2.24. The van der Waals surface area contributed by atoms with Crippen molar-refractivity contribution in [2.24, 2.45) is 0 Å². The van der Waals surface area contributed by atoms with Crippen LogP contribution in [0.15, 0.2) is 10.7 Å². The number of anilines is 2. The van der Waals surface area contributed by atoms with Gasteiger partial charge in [0.15, 0.2) is 0 Å². The number of rotatable bonds is 4. The van der Waals surface area contributed by atoms with E-state index < -0.39 is 0 Å². The Hall–Kier alpha value is -0.880. The summed E-state index contributed by atoms with van der Waals surface area (Å²) in [6.45, 7) is 4.97. The molecule has 106 valence electrons. The minimum atomic E-state index is 0.596. The SMILES string of the molecule is CCNc1ncc(Br)c(N2CCCC(N(C)C)C2)n1. The molecular weight excluding hydrogens is 306 g/mol. The Kier molecular flexibility index (Phi) is 4.99. The molecule has 2 heterocycles. The predicted molar refractivity (Wildman–Crippen MR) is 82.8 cm³/mol. The minimum absolute atomic E-state index is 0.596. The van der Waals surface area contributed by atoms with Gasteiger partial charge in [-0.05, 0) is 49.8 Å². The van der Waals surface area contributed by atoms with Gasteiger partial charge in [-0.15, -0.1) is 0 Å². The van der Waals surface area contributed by atoms with Crippen LogP contribution in [0.5, 0.6) is 0 Å². The summed E-state index contributed by atoms with van der Waals surface area (Å²) in [5.41, 5.74) is 0. The number of hydrogen-bond donors (Lipinski definition) is 1. The third kappa shape index (κ3) is 3.57. The van der Waals surface area contributed by atoms with Crippen molar-refractivity contribution in [1.82, 2.24) is 14.9 Å². The van der Waals surface area contributed by atoms with E-state index in [0.717, 1.165) is 29.9 Å². The Labute approximate surface area is 123 Å². The van der Waals surface area contributed by atoms with E-state index in [1.807, 2.05) is 13.1 Å². The maximum Gasteiger partial charge on any atom is 0.224 e. The largest absolute Gasteiger partial charge is 0.354 e. The summed E-state index contributed by atoms with van der Waals surface area (Å²) < 4.78 is 0.966. The van der Waals surface area contributed by atoms with Crippen LogP contribution in [-0.2, 0) is 0 Å². The Morgan fingerprint density at radius 1 is 1.53 bits per heavy atom. The molecule has 1 fully saturated rings. The zero-order valence-electron chi connectivity index (χ0n) is 11.9. The Balaban J connectivity index is 2.17. The second-order valence-corrected chi connectivity index (χ2v) is 5.96. The second-order valence-electron chi connectivity index (χ2n) is 5.10. The molecule has 1 N–H and O–H groups in total. The van der Waals surface area contributed by atoms with E-state index in [-0.39, 0.29) is 0 Å². The van der Waals surface area contributed by atoms with Gasteiger partial charge in [-0.1, -0.05) is 0 Å². The monoisotopic (exact) mass is 327 g/mol. The third-order valence-corrected chi connectivity index (χ3v) is 4.05. The van der Waals surface area contributed by atoms with Crippen LogP contribution in [0.25, 0.3) is 0 Å². The van der Waals surface area contributed by atoms with Crippen LogP contribution in [0.3, 0.4) is 0 Å². The first-order valence-electron chi connectivity index (χ1n) is 6.79. The molecule has 1 atom stereocenters. The number of hydrogen-bond acceptors (Lipinski definition) is 5. The van der Waals surface area contributed by atoms with E-state index in [9.17, 15) is 0 Å². The molecule has 19 heavy (non-hydrogen) atoms. The summed E-state index contributed by atoms with van der Waals surface area (Å²) in [6, 6.07) is 0.596. The third-order valence-electron chi connectivity index (χ3n) is 3.49. The topological polar surface area (TPSA) is 44.3 Å². The molecule has 1 aromatic heterocycles. The number of nitrogens with one attached hydrogen (secondary N) is 1. The number of halogens is 1. The van der Waals surface area contributed by atoms with Crippen LogP contribution in [0, 0.1) is 0 Å². The van der Waals surface area contributed by atoms with E-state index in [2.05, 4.69) is 55.1 Å². The molecule has 6 heteroatoms. The first-order chi connectivity index (χ1) is 9.11. The summed E-state index contributed by atoms with van der Waals surface area (Å²) in [4.78, 5) is 13.5. The van der Waals surface area contributed by atoms with Crippen molar-refractivity contribution < 1.29 is 0 Å². The first kappa shape index (κ1) is 14.5. The van der Waals surface area contributed by atoms with E-state index in [1.165, 1.54) is 12.8 Å². The molecule has 1 aliphatic rings. The number of likely N-dealkylation sites (N-methyl/N-ethyl adjacent to an activating group) is 1. The van der Waals surface area contributed by atoms with Crippen LogP contribution in [0.2, 0.25) is 0 Å². The Bertz CT molecular complexity index is 423. The zero-order chi connectivity index (χ0) is 13.8. The van der Waals surface area contributed by atoms with E-state index in [0.29, 0.717) is 12.0 Å². The molecule has 0 spiro atoms. The van der Waals surface area contributed by atoms with Crippen LogP contribution < -0.4 is 10.2 Å². The summed E-state index contributed by atoms with van der Waals surface area (Å²) in [5.74, 6) is 1.70. The molecule has 1 unspecified atom stereocenters. The molecule has 1 saturated heterocycles. The molecule has 0 bridgehead atoms. The summed E-state index contributed by atoms with van der Waals surface area (Å²) >= 11 is 3.57. The predicted octanol–water partition coefficient (Wildman–Crippen LogP) is 2.20. The lowest BCUT2D eigenvalue weighted by molar-refractivity contribution is 0.257. The lowest BCUT2D eigenvalue weighted by Crippen LogP contribution is -2.45. The molecule has 0 saturated carbocycles. The molecule has 1 aromatic rings. The maximum atomic E-state index is 4.62. The Morgan fingerprint density at radius 3 is 3.00 bits per heavy atom. The average molecular weight is 328 g/mol. The Morgan fingerprint density at radius 2 is 2.32 bits per heavy atom. The van der Waals surface area contributed by atoms with Gasteiger partial charge in [0.2, 0.25) is 5.95 Å². The van der Waals surface area contributed by atoms with Crippen molar-refractivity contribution in [2.45, 2.75) is 25.8 Å². The lowest BCUT2D eigenvalue weighted by atomic mass is 10.1. The van der Waals surface area contributed by atoms with Crippen LogP contribution in [0.4, 0.5) is 11.8 Å². The maximum absolute atomic E-state index is 4.62. The van der Waals surface area contributed by atoms with Gasteiger partial charge >= 0.3 is 0 Å². The normalized spacial score (nSPS) is 19.8. The van der Waals surface area contributed by atoms with Gasteiger partial charge in [0.25, 0.3) is 0 Å². The van der Waals surface area contributed by atoms with Crippen LogP contribution in [-0.4, -0.2) is 54.6 Å². The zero-order valence-corrected chi connectivity index (χ0v) is 13.4. The quantitative estimate of drug-likeness (QED) is 0.918. The van der Waals surface area contributed by atoms with Crippen molar-refractivity contribution >= 4 is 27.7 Å². The van der Waals surface area contributed by atoms with Gasteiger partial charge < -0.3 is 15.1 Å². The molecule has 0 aliphatic carbocycles. The van der Waals surface area contributed by atoms with Gasteiger partial charge in [-0.3, -0.25) is 0 Å². The van der Waals surface area contributed by atoms with Gasteiger partial charge in [0.1, 0.15) is 5.82 Å². The number of aromatic nitrogens is 2.